The van der Waals surface area contributed by atoms with Crippen LogP contribution in [-0.2, 0) is 15.3 Å². The van der Waals surface area contributed by atoms with Gasteiger partial charge in [0, 0.05) is 11.3 Å². The Bertz CT molecular complexity index is 1980. The number of amides is 1. The van der Waals surface area contributed by atoms with Crippen LogP contribution in [-0.4, -0.2) is 47.3 Å². The normalized spacial score (nSPS) is 15.6. The Labute approximate surface area is 280 Å². The lowest BCUT2D eigenvalue weighted by atomic mass is 9.95. The number of carbonyl (C=O) groups is 2. The van der Waals surface area contributed by atoms with Crippen molar-refractivity contribution in [3.05, 3.63) is 120 Å². The SMILES string of the molecule is C=CCOc1ccc(C2/C(=C(\O)c3ccc(OC)cc3)C(=O)C(=O)N2c2nnc(SCc3cccc4ccccc34)s2)cc1OCC. The highest BCUT2D eigenvalue weighted by Gasteiger charge is 2.48. The summed E-state index contributed by atoms with van der Waals surface area (Å²) >= 11 is 2.71. The summed E-state index contributed by atoms with van der Waals surface area (Å²) in [6.07, 6.45) is 1.62. The van der Waals surface area contributed by atoms with E-state index in [0.29, 0.717) is 45.1 Å². The molecule has 1 fully saturated rings. The summed E-state index contributed by atoms with van der Waals surface area (Å²) in [5, 5.41) is 22.8. The quantitative estimate of drug-likeness (QED) is 0.0360. The molecule has 6 rings (SSSR count). The van der Waals surface area contributed by atoms with Gasteiger partial charge in [0.05, 0.1) is 25.3 Å². The van der Waals surface area contributed by atoms with Gasteiger partial charge >= 0.3 is 5.91 Å². The van der Waals surface area contributed by atoms with Gasteiger partial charge in [-0.05, 0) is 65.2 Å². The molecule has 238 valence electrons. The summed E-state index contributed by atoms with van der Waals surface area (Å²) in [6, 6.07) is 25.1. The zero-order valence-corrected chi connectivity index (χ0v) is 27.3. The van der Waals surface area contributed by atoms with Crippen molar-refractivity contribution in [3.63, 3.8) is 0 Å². The standard InChI is InChI=1S/C36H31N3O6S2/c1-4-19-45-28-18-15-24(20-29(28)44-5-2)31-30(32(40)23-13-16-26(43-3)17-14-23)33(41)34(42)39(31)35-37-38-36(47-35)46-21-25-11-8-10-22-9-6-7-12-27(22)25/h4,6-18,20,31,40H,1,5,19,21H2,2-3H3/b32-30+. The van der Waals surface area contributed by atoms with E-state index in [1.165, 1.54) is 35.1 Å². The summed E-state index contributed by atoms with van der Waals surface area (Å²) in [5.74, 6) is 0.136. The van der Waals surface area contributed by atoms with Gasteiger partial charge in [0.2, 0.25) is 5.13 Å². The summed E-state index contributed by atoms with van der Waals surface area (Å²) in [5.41, 5.74) is 1.94. The summed E-state index contributed by atoms with van der Waals surface area (Å²) in [6.45, 7) is 6.17. The van der Waals surface area contributed by atoms with Gasteiger partial charge in [-0.15, -0.1) is 10.2 Å². The predicted molar refractivity (Wildman–Crippen MR) is 184 cm³/mol. The number of ether oxygens (including phenoxy) is 3. The first-order chi connectivity index (χ1) is 22.9. The van der Waals surface area contributed by atoms with Crippen LogP contribution in [0, 0.1) is 0 Å². The fourth-order valence-electron chi connectivity index (χ4n) is 5.40. The molecule has 1 unspecified atom stereocenters. The zero-order chi connectivity index (χ0) is 32.9. The molecule has 5 aromatic rings. The first-order valence-electron chi connectivity index (χ1n) is 14.8. The highest BCUT2D eigenvalue weighted by atomic mass is 32.2. The smallest absolute Gasteiger partial charge is 0.301 e. The lowest BCUT2D eigenvalue weighted by Crippen LogP contribution is -2.29. The third-order valence-corrected chi connectivity index (χ3v) is 9.69. The number of Topliss-reactive ketones (excluding diaryl/α,β-unsaturated/α-hetero) is 1. The molecule has 11 heteroatoms. The minimum absolute atomic E-state index is 0.0810. The molecule has 0 bridgehead atoms. The lowest BCUT2D eigenvalue weighted by Gasteiger charge is -2.23. The number of aliphatic hydroxyl groups excluding tert-OH is 1. The number of ketones is 1. The number of anilines is 1. The van der Waals surface area contributed by atoms with Crippen LogP contribution in [0.4, 0.5) is 5.13 Å². The van der Waals surface area contributed by atoms with Crippen LogP contribution in [0.2, 0.25) is 0 Å². The van der Waals surface area contributed by atoms with Crippen LogP contribution < -0.4 is 19.1 Å². The topological polar surface area (TPSA) is 111 Å². The molecule has 1 aromatic heterocycles. The molecule has 0 aliphatic carbocycles. The highest BCUT2D eigenvalue weighted by Crippen LogP contribution is 2.46. The average Bonchev–Trinajstić information content (AvgIpc) is 3.68. The van der Waals surface area contributed by atoms with E-state index < -0.39 is 17.7 Å². The molecule has 1 saturated heterocycles. The molecule has 9 nitrogen and oxygen atoms in total. The number of nitrogens with zero attached hydrogens (tertiary/aromatic N) is 3. The second-order valence-corrected chi connectivity index (χ2v) is 12.6. The van der Waals surface area contributed by atoms with E-state index in [1.54, 1.807) is 48.5 Å². The van der Waals surface area contributed by atoms with Gasteiger partial charge < -0.3 is 19.3 Å². The molecular weight excluding hydrogens is 635 g/mol. The Morgan fingerprint density at radius 2 is 1.79 bits per heavy atom. The van der Waals surface area contributed by atoms with E-state index in [2.05, 4.69) is 41.0 Å². The molecule has 1 N–H and O–H groups in total. The molecule has 1 aliphatic rings. The third-order valence-electron chi connectivity index (χ3n) is 7.58. The van der Waals surface area contributed by atoms with Crippen molar-refractivity contribution in [1.29, 1.82) is 0 Å². The number of rotatable bonds is 12. The molecule has 1 amide bonds. The van der Waals surface area contributed by atoms with Crippen molar-refractivity contribution in [1.82, 2.24) is 10.2 Å². The van der Waals surface area contributed by atoms with E-state index in [4.69, 9.17) is 14.2 Å². The molecule has 4 aromatic carbocycles. The van der Waals surface area contributed by atoms with Crippen molar-refractivity contribution in [2.45, 2.75) is 23.1 Å². The van der Waals surface area contributed by atoms with E-state index in [0.717, 1.165) is 16.3 Å². The van der Waals surface area contributed by atoms with Crippen LogP contribution in [0.15, 0.2) is 107 Å². The van der Waals surface area contributed by atoms with E-state index in [-0.39, 0.29) is 23.1 Å². The Kier molecular flexibility index (Phi) is 9.55. The molecule has 1 atom stereocenters. The molecule has 0 spiro atoms. The fraction of sp³-hybridized carbons (Fsp3) is 0.167. The number of methoxy groups -OCH3 is 1. The van der Waals surface area contributed by atoms with Crippen LogP contribution in [0.1, 0.15) is 29.7 Å². The van der Waals surface area contributed by atoms with E-state index >= 15 is 0 Å². The maximum Gasteiger partial charge on any atom is 0.301 e. The number of aromatic nitrogens is 2. The molecule has 47 heavy (non-hydrogen) atoms. The van der Waals surface area contributed by atoms with Crippen molar-refractivity contribution in [3.8, 4) is 17.2 Å². The number of hydrogen-bond acceptors (Lipinski definition) is 10. The Balaban J connectivity index is 1.40. The third kappa shape index (κ3) is 6.45. The molecule has 2 heterocycles. The zero-order valence-electron chi connectivity index (χ0n) is 25.7. The van der Waals surface area contributed by atoms with Crippen LogP contribution in [0.3, 0.4) is 0 Å². The van der Waals surface area contributed by atoms with Crippen LogP contribution >= 0.6 is 23.1 Å². The van der Waals surface area contributed by atoms with Crippen LogP contribution in [0.5, 0.6) is 17.2 Å². The maximum absolute atomic E-state index is 13.8. The van der Waals surface area contributed by atoms with Gasteiger partial charge in [-0.2, -0.15) is 0 Å². The number of benzene rings is 4. The second-order valence-electron chi connectivity index (χ2n) is 10.4. The second kappa shape index (κ2) is 14.1. The number of hydrogen-bond donors (Lipinski definition) is 1. The minimum atomic E-state index is -1.02. The minimum Gasteiger partial charge on any atom is -0.507 e. The number of fused-ring (bicyclic) bond motifs is 1. The Morgan fingerprint density at radius 1 is 1.00 bits per heavy atom. The van der Waals surface area contributed by atoms with Crippen molar-refractivity contribution >= 4 is 56.5 Å². The van der Waals surface area contributed by atoms with Crippen molar-refractivity contribution < 1.29 is 28.9 Å². The van der Waals surface area contributed by atoms with Gasteiger partial charge in [0.1, 0.15) is 18.1 Å². The molecule has 1 aliphatic heterocycles. The largest absolute Gasteiger partial charge is 0.507 e. The van der Waals surface area contributed by atoms with E-state index in [9.17, 15) is 14.7 Å². The van der Waals surface area contributed by atoms with Gasteiger partial charge in [-0.25, -0.2) is 0 Å². The fourth-order valence-corrected chi connectivity index (χ4v) is 7.27. The first-order valence-corrected chi connectivity index (χ1v) is 16.6. The monoisotopic (exact) mass is 665 g/mol. The van der Waals surface area contributed by atoms with Crippen molar-refractivity contribution in [2.75, 3.05) is 25.2 Å². The van der Waals surface area contributed by atoms with Gasteiger partial charge in [-0.3, -0.25) is 14.5 Å². The molecule has 0 saturated carbocycles. The Morgan fingerprint density at radius 3 is 2.55 bits per heavy atom. The number of aliphatic hydroxyl groups is 1. The van der Waals surface area contributed by atoms with Gasteiger partial charge in [-0.1, -0.05) is 84.3 Å². The van der Waals surface area contributed by atoms with Gasteiger partial charge in [0.15, 0.2) is 15.8 Å². The highest BCUT2D eigenvalue weighted by molar-refractivity contribution is 8.00. The van der Waals surface area contributed by atoms with Gasteiger partial charge in [0.25, 0.3) is 5.78 Å². The van der Waals surface area contributed by atoms with E-state index in [1.807, 2.05) is 25.1 Å². The summed E-state index contributed by atoms with van der Waals surface area (Å²) in [7, 11) is 1.54. The summed E-state index contributed by atoms with van der Waals surface area (Å²) in [4.78, 5) is 28.8. The number of carbonyl (C=O) groups excluding carboxylic acids is 2. The molecule has 0 radical (unpaired) electrons. The summed E-state index contributed by atoms with van der Waals surface area (Å²) < 4.78 is 17.5. The maximum atomic E-state index is 13.8. The lowest BCUT2D eigenvalue weighted by molar-refractivity contribution is -0.132. The first kappa shape index (κ1) is 31.8. The Hall–Kier alpha value is -5.13. The molecular formula is C36H31N3O6S2. The predicted octanol–water partition coefficient (Wildman–Crippen LogP) is 7.58. The van der Waals surface area contributed by atoms with Crippen molar-refractivity contribution in [2.24, 2.45) is 0 Å². The average molecular weight is 666 g/mol. The van der Waals surface area contributed by atoms with Crippen LogP contribution in [0.25, 0.3) is 16.5 Å². The number of thioether (sulfide) groups is 1.